The van der Waals surface area contributed by atoms with Crippen LogP contribution in [0.25, 0.3) is 10.2 Å². The molecule has 3 aromatic rings. The van der Waals surface area contributed by atoms with Crippen molar-refractivity contribution in [3.63, 3.8) is 0 Å². The minimum absolute atomic E-state index is 0.216. The Bertz CT molecular complexity index is 705. The Morgan fingerprint density at radius 3 is 2.71 bits per heavy atom. The zero-order valence-electron chi connectivity index (χ0n) is 12.2. The molecule has 0 saturated heterocycles. The van der Waals surface area contributed by atoms with Gasteiger partial charge in [0.15, 0.2) is 0 Å². The Hall–Kier alpha value is -1.91. The lowest BCUT2D eigenvalue weighted by Gasteiger charge is -2.16. The molecule has 0 amide bonds. The van der Waals surface area contributed by atoms with Crippen LogP contribution in [0.15, 0.2) is 48.5 Å². The summed E-state index contributed by atoms with van der Waals surface area (Å²) < 4.78 is 6.65. The third-order valence-corrected chi connectivity index (χ3v) is 4.54. The summed E-state index contributed by atoms with van der Waals surface area (Å²) in [6, 6.07) is 16.6. The Kier molecular flexibility index (Phi) is 4.18. The molecule has 0 spiro atoms. The first-order valence-electron chi connectivity index (χ1n) is 6.98. The van der Waals surface area contributed by atoms with Crippen molar-refractivity contribution in [1.82, 2.24) is 10.3 Å². The van der Waals surface area contributed by atoms with Crippen molar-refractivity contribution in [2.24, 2.45) is 0 Å². The van der Waals surface area contributed by atoms with E-state index in [0.717, 1.165) is 22.8 Å². The Labute approximate surface area is 128 Å². The Balaban J connectivity index is 1.72. The van der Waals surface area contributed by atoms with Crippen molar-refractivity contribution < 1.29 is 4.74 Å². The maximum Gasteiger partial charge on any atom is 0.123 e. The summed E-state index contributed by atoms with van der Waals surface area (Å²) in [6.07, 6.45) is 0. The van der Waals surface area contributed by atoms with Gasteiger partial charge in [-0.05, 0) is 25.1 Å². The van der Waals surface area contributed by atoms with Gasteiger partial charge in [0.05, 0.1) is 17.3 Å². The first-order valence-corrected chi connectivity index (χ1v) is 7.80. The van der Waals surface area contributed by atoms with E-state index >= 15 is 0 Å². The van der Waals surface area contributed by atoms with Crippen LogP contribution in [0.3, 0.4) is 0 Å². The predicted octanol–water partition coefficient (Wildman–Crippen LogP) is 4.16. The molecular weight excluding hydrogens is 280 g/mol. The van der Waals surface area contributed by atoms with E-state index < -0.39 is 0 Å². The molecule has 0 saturated carbocycles. The van der Waals surface area contributed by atoms with Crippen LogP contribution >= 0.6 is 11.3 Å². The van der Waals surface area contributed by atoms with Gasteiger partial charge in [0.2, 0.25) is 0 Å². The van der Waals surface area contributed by atoms with E-state index in [1.165, 1.54) is 10.3 Å². The molecule has 0 radical (unpaired) electrons. The van der Waals surface area contributed by atoms with Gasteiger partial charge in [-0.1, -0.05) is 30.3 Å². The first-order chi connectivity index (χ1) is 10.3. The van der Waals surface area contributed by atoms with Crippen LogP contribution in [0, 0.1) is 0 Å². The number of nitrogens with zero attached hydrogens (tertiary/aromatic N) is 1. The fourth-order valence-electron chi connectivity index (χ4n) is 2.37. The van der Waals surface area contributed by atoms with Crippen LogP contribution < -0.4 is 10.1 Å². The molecule has 0 fully saturated rings. The molecule has 1 heterocycles. The van der Waals surface area contributed by atoms with Crippen LogP contribution in [-0.2, 0) is 6.54 Å². The average Bonchev–Trinajstić information content (AvgIpc) is 2.95. The van der Waals surface area contributed by atoms with E-state index in [-0.39, 0.29) is 6.04 Å². The first kappa shape index (κ1) is 14.0. The van der Waals surface area contributed by atoms with Gasteiger partial charge in [-0.2, -0.15) is 0 Å². The van der Waals surface area contributed by atoms with Gasteiger partial charge in [-0.25, -0.2) is 4.98 Å². The van der Waals surface area contributed by atoms with Gasteiger partial charge in [0.25, 0.3) is 0 Å². The summed E-state index contributed by atoms with van der Waals surface area (Å²) in [5, 5.41) is 4.63. The summed E-state index contributed by atoms with van der Waals surface area (Å²) in [5.41, 5.74) is 2.24. The summed E-state index contributed by atoms with van der Waals surface area (Å²) in [4.78, 5) is 4.65. The van der Waals surface area contributed by atoms with Gasteiger partial charge >= 0.3 is 0 Å². The molecular formula is C17H18N2OS. The lowest BCUT2D eigenvalue weighted by molar-refractivity contribution is 0.401. The number of para-hydroxylation sites is 2. The monoisotopic (exact) mass is 298 g/mol. The summed E-state index contributed by atoms with van der Waals surface area (Å²) in [7, 11) is 1.71. The Morgan fingerprint density at radius 2 is 1.90 bits per heavy atom. The van der Waals surface area contributed by atoms with E-state index in [1.807, 2.05) is 24.3 Å². The fourth-order valence-corrected chi connectivity index (χ4v) is 3.29. The SMILES string of the molecule is COc1ccccc1[C@@H](C)NCc1nc2ccccc2s1. The number of aromatic nitrogens is 1. The zero-order chi connectivity index (χ0) is 14.7. The van der Waals surface area contributed by atoms with E-state index in [4.69, 9.17) is 4.74 Å². The minimum Gasteiger partial charge on any atom is -0.496 e. The molecule has 1 N–H and O–H groups in total. The molecule has 1 atom stereocenters. The van der Waals surface area contributed by atoms with Crippen molar-refractivity contribution in [2.75, 3.05) is 7.11 Å². The topological polar surface area (TPSA) is 34.1 Å². The Morgan fingerprint density at radius 1 is 1.14 bits per heavy atom. The number of rotatable bonds is 5. The van der Waals surface area contributed by atoms with E-state index in [0.29, 0.717) is 0 Å². The van der Waals surface area contributed by atoms with Crippen molar-refractivity contribution >= 4 is 21.6 Å². The third-order valence-electron chi connectivity index (χ3n) is 3.50. The lowest BCUT2D eigenvalue weighted by Crippen LogP contribution is -2.18. The van der Waals surface area contributed by atoms with Crippen LogP contribution in [0.4, 0.5) is 0 Å². The standard InChI is InChI=1S/C17H18N2OS/c1-12(13-7-3-5-9-15(13)20-2)18-11-17-19-14-8-4-6-10-16(14)21-17/h3-10,12,18H,11H2,1-2H3/t12-/m1/s1. The van der Waals surface area contributed by atoms with Crippen molar-refractivity contribution in [2.45, 2.75) is 19.5 Å². The number of hydrogen-bond donors (Lipinski definition) is 1. The van der Waals surface area contributed by atoms with Gasteiger partial charge in [0.1, 0.15) is 10.8 Å². The van der Waals surface area contributed by atoms with Crippen LogP contribution in [-0.4, -0.2) is 12.1 Å². The quantitative estimate of drug-likeness (QED) is 0.768. The van der Waals surface area contributed by atoms with Crippen molar-refractivity contribution in [3.05, 3.63) is 59.1 Å². The van der Waals surface area contributed by atoms with Crippen LogP contribution in [0.2, 0.25) is 0 Å². The second-order valence-electron chi connectivity index (χ2n) is 4.92. The molecule has 0 unspecified atom stereocenters. The number of benzene rings is 2. The smallest absolute Gasteiger partial charge is 0.123 e. The van der Waals surface area contributed by atoms with E-state index in [9.17, 15) is 0 Å². The number of methoxy groups -OCH3 is 1. The number of fused-ring (bicyclic) bond motifs is 1. The maximum absolute atomic E-state index is 5.41. The molecule has 1 aromatic heterocycles. The zero-order valence-corrected chi connectivity index (χ0v) is 13.0. The van der Waals surface area contributed by atoms with Crippen LogP contribution in [0.5, 0.6) is 5.75 Å². The molecule has 0 aliphatic carbocycles. The summed E-state index contributed by atoms with van der Waals surface area (Å²) >= 11 is 1.74. The normalized spacial score (nSPS) is 12.5. The largest absolute Gasteiger partial charge is 0.496 e. The summed E-state index contributed by atoms with van der Waals surface area (Å²) in [5.74, 6) is 0.918. The highest BCUT2D eigenvalue weighted by atomic mass is 32.1. The van der Waals surface area contributed by atoms with Crippen molar-refractivity contribution in [3.8, 4) is 5.75 Å². The molecule has 2 aromatic carbocycles. The highest BCUT2D eigenvalue weighted by Crippen LogP contribution is 2.26. The minimum atomic E-state index is 0.216. The molecule has 21 heavy (non-hydrogen) atoms. The second kappa shape index (κ2) is 6.24. The fraction of sp³-hybridized carbons (Fsp3) is 0.235. The van der Waals surface area contributed by atoms with Gasteiger partial charge in [-0.15, -0.1) is 11.3 Å². The van der Waals surface area contributed by atoms with Crippen molar-refractivity contribution in [1.29, 1.82) is 0 Å². The molecule has 4 heteroatoms. The maximum atomic E-state index is 5.41. The van der Waals surface area contributed by atoms with Crippen LogP contribution in [0.1, 0.15) is 23.5 Å². The van der Waals surface area contributed by atoms with Gasteiger partial charge in [0, 0.05) is 18.2 Å². The summed E-state index contributed by atoms with van der Waals surface area (Å²) in [6.45, 7) is 2.91. The lowest BCUT2D eigenvalue weighted by atomic mass is 10.1. The third kappa shape index (κ3) is 3.06. The average molecular weight is 298 g/mol. The van der Waals surface area contributed by atoms with E-state index in [1.54, 1.807) is 18.4 Å². The molecule has 3 nitrogen and oxygen atoms in total. The molecule has 3 rings (SSSR count). The molecule has 0 aliphatic heterocycles. The number of hydrogen-bond acceptors (Lipinski definition) is 4. The van der Waals surface area contributed by atoms with E-state index in [2.05, 4.69) is 41.5 Å². The molecule has 0 bridgehead atoms. The highest BCUT2D eigenvalue weighted by molar-refractivity contribution is 7.18. The predicted molar refractivity (Wildman–Crippen MR) is 87.9 cm³/mol. The van der Waals surface area contributed by atoms with Gasteiger partial charge in [-0.3, -0.25) is 0 Å². The number of thiazole rings is 1. The second-order valence-corrected chi connectivity index (χ2v) is 6.04. The number of nitrogens with one attached hydrogen (secondary N) is 1. The number of ether oxygens (including phenoxy) is 1. The molecule has 108 valence electrons. The van der Waals surface area contributed by atoms with Gasteiger partial charge < -0.3 is 10.1 Å². The molecule has 0 aliphatic rings. The highest BCUT2D eigenvalue weighted by Gasteiger charge is 2.11.